The van der Waals surface area contributed by atoms with E-state index < -0.39 is 10.5 Å². The molecule has 2 N–H and O–H groups in total. The second kappa shape index (κ2) is 5.69. The van der Waals surface area contributed by atoms with E-state index in [1.165, 1.54) is 25.2 Å². The Hall–Kier alpha value is -2.15. The van der Waals surface area contributed by atoms with Crippen LogP contribution in [0.2, 0.25) is 0 Å². The SMILES string of the molecule is CCCC1(O)CN(c2cc(C(=O)NC)ccc2[N+](=O)[O-])C1. The molecule has 0 aromatic heterocycles. The van der Waals surface area contributed by atoms with E-state index in [9.17, 15) is 20.0 Å². The molecule has 0 unspecified atom stereocenters. The molecule has 7 heteroatoms. The smallest absolute Gasteiger partial charge is 0.292 e. The van der Waals surface area contributed by atoms with Gasteiger partial charge < -0.3 is 15.3 Å². The Labute approximate surface area is 122 Å². The molecule has 7 nitrogen and oxygen atoms in total. The highest BCUT2D eigenvalue weighted by Crippen LogP contribution is 2.37. The molecular formula is C14H19N3O4. The van der Waals surface area contributed by atoms with Gasteiger partial charge >= 0.3 is 0 Å². The minimum absolute atomic E-state index is 0.0544. The van der Waals surface area contributed by atoms with Gasteiger partial charge in [-0.25, -0.2) is 0 Å². The maximum absolute atomic E-state index is 11.7. The van der Waals surface area contributed by atoms with Crippen LogP contribution in [0.5, 0.6) is 0 Å². The molecule has 0 bridgehead atoms. The van der Waals surface area contributed by atoms with Crippen molar-refractivity contribution in [3.63, 3.8) is 0 Å². The molecule has 2 rings (SSSR count). The number of rotatable bonds is 5. The summed E-state index contributed by atoms with van der Waals surface area (Å²) in [4.78, 5) is 24.0. The normalized spacial score (nSPS) is 16.2. The van der Waals surface area contributed by atoms with E-state index >= 15 is 0 Å². The van der Waals surface area contributed by atoms with Crippen LogP contribution in [0.4, 0.5) is 11.4 Å². The number of benzene rings is 1. The fourth-order valence-electron chi connectivity index (χ4n) is 2.67. The van der Waals surface area contributed by atoms with Gasteiger partial charge in [0.05, 0.1) is 10.5 Å². The third kappa shape index (κ3) is 2.97. The maximum Gasteiger partial charge on any atom is 0.292 e. The summed E-state index contributed by atoms with van der Waals surface area (Å²) in [5.41, 5.74) is -0.0989. The first kappa shape index (κ1) is 15.2. The Kier molecular flexibility index (Phi) is 4.13. The first-order valence-corrected chi connectivity index (χ1v) is 6.88. The lowest BCUT2D eigenvalue weighted by Crippen LogP contribution is -2.62. The highest BCUT2D eigenvalue weighted by molar-refractivity contribution is 5.95. The molecule has 1 fully saturated rings. The van der Waals surface area contributed by atoms with Crippen LogP contribution in [-0.4, -0.2) is 41.7 Å². The highest BCUT2D eigenvalue weighted by Gasteiger charge is 2.42. The Morgan fingerprint density at radius 2 is 2.19 bits per heavy atom. The summed E-state index contributed by atoms with van der Waals surface area (Å²) >= 11 is 0. The largest absolute Gasteiger partial charge is 0.386 e. The van der Waals surface area contributed by atoms with E-state index in [2.05, 4.69) is 5.32 Å². The third-order valence-electron chi connectivity index (χ3n) is 3.69. The van der Waals surface area contributed by atoms with E-state index in [1.54, 1.807) is 4.90 Å². The number of nitrogens with one attached hydrogen (secondary N) is 1. The monoisotopic (exact) mass is 293 g/mol. The number of aliphatic hydroxyl groups is 1. The third-order valence-corrected chi connectivity index (χ3v) is 3.69. The van der Waals surface area contributed by atoms with Gasteiger partial charge in [-0.1, -0.05) is 13.3 Å². The highest BCUT2D eigenvalue weighted by atomic mass is 16.6. The van der Waals surface area contributed by atoms with Crippen molar-refractivity contribution in [3.8, 4) is 0 Å². The first-order chi connectivity index (χ1) is 9.90. The van der Waals surface area contributed by atoms with Gasteiger partial charge in [0.2, 0.25) is 0 Å². The molecule has 1 aromatic carbocycles. The van der Waals surface area contributed by atoms with Crippen LogP contribution < -0.4 is 10.2 Å². The number of hydrogen-bond donors (Lipinski definition) is 2. The van der Waals surface area contributed by atoms with Crippen molar-refractivity contribution in [2.24, 2.45) is 0 Å². The molecule has 1 amide bonds. The summed E-state index contributed by atoms with van der Waals surface area (Å²) in [6, 6.07) is 4.26. The molecule has 0 saturated carbocycles. The van der Waals surface area contributed by atoms with E-state index in [4.69, 9.17) is 0 Å². The number of carbonyl (C=O) groups excluding carboxylic acids is 1. The predicted octanol–water partition coefficient (Wildman–Crippen LogP) is 1.31. The van der Waals surface area contributed by atoms with E-state index in [1.807, 2.05) is 6.92 Å². The standard InChI is InChI=1S/C14H19N3O4/c1-3-6-14(19)8-16(9-14)12-7-10(13(18)15-2)4-5-11(12)17(20)21/h4-5,7,19H,3,6,8-9H2,1-2H3,(H,15,18). The number of anilines is 1. The molecule has 0 atom stereocenters. The van der Waals surface area contributed by atoms with Gasteiger partial charge in [0.15, 0.2) is 0 Å². The van der Waals surface area contributed by atoms with Gasteiger partial charge in [0.25, 0.3) is 11.6 Å². The van der Waals surface area contributed by atoms with Crippen molar-refractivity contribution in [2.45, 2.75) is 25.4 Å². The zero-order valence-electron chi connectivity index (χ0n) is 12.1. The van der Waals surface area contributed by atoms with Crippen molar-refractivity contribution >= 4 is 17.3 Å². The van der Waals surface area contributed by atoms with Crippen molar-refractivity contribution in [1.29, 1.82) is 0 Å². The van der Waals surface area contributed by atoms with Crippen LogP contribution >= 0.6 is 0 Å². The second-order valence-corrected chi connectivity index (χ2v) is 5.37. The lowest BCUT2D eigenvalue weighted by atomic mass is 9.88. The summed E-state index contributed by atoms with van der Waals surface area (Å²) in [5, 5.41) is 23.8. The van der Waals surface area contributed by atoms with Gasteiger partial charge in [-0.2, -0.15) is 0 Å². The molecule has 114 valence electrons. The van der Waals surface area contributed by atoms with Crippen molar-refractivity contribution in [1.82, 2.24) is 5.32 Å². The number of β-amino-alcohol motifs (C(OH)–C–C–N with tert-alkyl or cyclic N) is 1. The number of amides is 1. The number of nitro groups is 1. The number of carbonyl (C=O) groups is 1. The van der Waals surface area contributed by atoms with Crippen LogP contribution in [0.3, 0.4) is 0 Å². The fraction of sp³-hybridized carbons (Fsp3) is 0.500. The molecule has 1 aliphatic heterocycles. The van der Waals surface area contributed by atoms with Crippen LogP contribution in [-0.2, 0) is 0 Å². The summed E-state index contributed by atoms with van der Waals surface area (Å²) in [6.07, 6.45) is 1.51. The molecule has 1 aliphatic rings. The predicted molar refractivity (Wildman–Crippen MR) is 78.6 cm³/mol. The minimum Gasteiger partial charge on any atom is -0.386 e. The molecular weight excluding hydrogens is 274 g/mol. The topological polar surface area (TPSA) is 95.7 Å². The quantitative estimate of drug-likeness (QED) is 0.630. The van der Waals surface area contributed by atoms with Gasteiger partial charge in [-0.05, 0) is 18.6 Å². The summed E-state index contributed by atoms with van der Waals surface area (Å²) in [6.45, 7) is 2.67. The molecule has 0 radical (unpaired) electrons. The average molecular weight is 293 g/mol. The first-order valence-electron chi connectivity index (χ1n) is 6.88. The summed E-state index contributed by atoms with van der Waals surface area (Å²) < 4.78 is 0. The Morgan fingerprint density at radius 1 is 1.52 bits per heavy atom. The van der Waals surface area contributed by atoms with Gasteiger partial charge in [-0.3, -0.25) is 14.9 Å². The zero-order valence-corrected chi connectivity index (χ0v) is 12.1. The Morgan fingerprint density at radius 3 is 2.71 bits per heavy atom. The maximum atomic E-state index is 11.7. The Bertz CT molecular complexity index is 567. The molecule has 0 spiro atoms. The van der Waals surface area contributed by atoms with E-state index in [0.29, 0.717) is 30.8 Å². The lowest BCUT2D eigenvalue weighted by Gasteiger charge is -2.47. The van der Waals surface area contributed by atoms with Gasteiger partial charge in [0.1, 0.15) is 5.69 Å². The average Bonchev–Trinajstić information content (AvgIpc) is 2.43. The minimum atomic E-state index is -0.786. The van der Waals surface area contributed by atoms with Gasteiger partial charge in [-0.15, -0.1) is 0 Å². The van der Waals surface area contributed by atoms with E-state index in [0.717, 1.165) is 6.42 Å². The molecule has 1 aromatic rings. The van der Waals surface area contributed by atoms with Crippen molar-refractivity contribution < 1.29 is 14.8 Å². The van der Waals surface area contributed by atoms with Crippen LogP contribution in [0, 0.1) is 10.1 Å². The van der Waals surface area contributed by atoms with Gasteiger partial charge in [0, 0.05) is 31.8 Å². The zero-order chi connectivity index (χ0) is 15.6. The van der Waals surface area contributed by atoms with E-state index in [-0.39, 0.29) is 11.6 Å². The van der Waals surface area contributed by atoms with Crippen LogP contribution in [0.25, 0.3) is 0 Å². The molecule has 1 saturated heterocycles. The van der Waals surface area contributed by atoms with Crippen LogP contribution in [0.15, 0.2) is 18.2 Å². The van der Waals surface area contributed by atoms with Crippen molar-refractivity contribution in [3.05, 3.63) is 33.9 Å². The van der Waals surface area contributed by atoms with Crippen LogP contribution in [0.1, 0.15) is 30.1 Å². The fourth-order valence-corrected chi connectivity index (χ4v) is 2.67. The number of nitrogens with zero attached hydrogens (tertiary/aromatic N) is 2. The summed E-state index contributed by atoms with van der Waals surface area (Å²) in [7, 11) is 1.51. The molecule has 21 heavy (non-hydrogen) atoms. The Balaban J connectivity index is 2.29. The van der Waals surface area contributed by atoms with Crippen molar-refractivity contribution in [2.75, 3.05) is 25.0 Å². The second-order valence-electron chi connectivity index (χ2n) is 5.37. The summed E-state index contributed by atoms with van der Waals surface area (Å²) in [5.74, 6) is -0.296. The lowest BCUT2D eigenvalue weighted by molar-refractivity contribution is -0.384. The molecule has 0 aliphatic carbocycles. The number of hydrogen-bond acceptors (Lipinski definition) is 5. The number of nitro benzene ring substituents is 1. The molecule has 1 heterocycles.